The fraction of sp³-hybridized carbons (Fsp3) is 0.600. The third-order valence-corrected chi connectivity index (χ3v) is 3.77. The van der Waals surface area contributed by atoms with Gasteiger partial charge in [0.25, 0.3) is 0 Å². The molecular weight excluding hydrogens is 244 g/mol. The quantitative estimate of drug-likeness (QED) is 0.696. The van der Waals surface area contributed by atoms with Crippen LogP contribution < -0.4 is 0 Å². The van der Waals surface area contributed by atoms with Gasteiger partial charge >= 0.3 is 0 Å². The van der Waals surface area contributed by atoms with E-state index in [1.165, 1.54) is 11.1 Å². The van der Waals surface area contributed by atoms with E-state index >= 15 is 0 Å². The maximum absolute atomic E-state index is 9.74. The molecule has 1 aromatic carbocycles. The first-order valence-electron chi connectivity index (χ1n) is 6.61. The van der Waals surface area contributed by atoms with Gasteiger partial charge in [0.05, 0.1) is 12.7 Å². The number of ether oxygens (including phenoxy) is 1. The van der Waals surface area contributed by atoms with E-state index in [1.54, 1.807) is 11.8 Å². The number of unbranched alkanes of at least 4 members (excludes halogenated alkanes) is 1. The summed E-state index contributed by atoms with van der Waals surface area (Å²) in [5, 5.41) is 9.74. The lowest BCUT2D eigenvalue weighted by Crippen LogP contribution is -2.18. The van der Waals surface area contributed by atoms with E-state index in [0.29, 0.717) is 6.61 Å². The van der Waals surface area contributed by atoms with Crippen LogP contribution in [0.1, 0.15) is 30.9 Å². The van der Waals surface area contributed by atoms with Crippen LogP contribution in [0.25, 0.3) is 0 Å². The highest BCUT2D eigenvalue weighted by Gasteiger charge is 2.04. The van der Waals surface area contributed by atoms with Crippen LogP contribution in [0.4, 0.5) is 0 Å². The highest BCUT2D eigenvalue weighted by Crippen LogP contribution is 2.14. The first kappa shape index (κ1) is 15.5. The molecule has 0 aliphatic rings. The average molecular weight is 268 g/mol. The predicted octanol–water partition coefficient (Wildman–Crippen LogP) is 3.41. The molecule has 3 heteroatoms. The van der Waals surface area contributed by atoms with Crippen molar-refractivity contribution in [1.82, 2.24) is 0 Å². The van der Waals surface area contributed by atoms with E-state index in [0.717, 1.165) is 31.0 Å². The van der Waals surface area contributed by atoms with Crippen LogP contribution >= 0.6 is 11.8 Å². The summed E-state index contributed by atoms with van der Waals surface area (Å²) < 4.78 is 5.39. The molecule has 0 heterocycles. The Hall–Kier alpha value is -0.510. The number of hydrogen-bond donors (Lipinski definition) is 1. The lowest BCUT2D eigenvalue weighted by Gasteiger charge is -2.11. The molecule has 0 amide bonds. The molecule has 0 saturated heterocycles. The number of aryl methyl sites for hydroxylation is 1. The molecule has 1 aromatic rings. The molecule has 0 fully saturated rings. The van der Waals surface area contributed by atoms with Gasteiger partial charge in [-0.05, 0) is 18.9 Å². The zero-order chi connectivity index (χ0) is 13.2. The van der Waals surface area contributed by atoms with Crippen molar-refractivity contribution in [3.05, 3.63) is 35.4 Å². The second kappa shape index (κ2) is 9.42. The van der Waals surface area contributed by atoms with Gasteiger partial charge in [-0.3, -0.25) is 0 Å². The molecule has 2 nitrogen and oxygen atoms in total. The molecule has 1 N–H and O–H groups in total. The molecule has 0 aliphatic carbocycles. The van der Waals surface area contributed by atoms with Crippen LogP contribution in [-0.4, -0.2) is 30.2 Å². The first-order chi connectivity index (χ1) is 8.72. The molecule has 102 valence electrons. The molecule has 0 aliphatic heterocycles. The van der Waals surface area contributed by atoms with Gasteiger partial charge in [-0.15, -0.1) is 0 Å². The van der Waals surface area contributed by atoms with Crippen LogP contribution in [0.3, 0.4) is 0 Å². The van der Waals surface area contributed by atoms with Crippen LogP contribution in [-0.2, 0) is 10.5 Å². The van der Waals surface area contributed by atoms with Crippen molar-refractivity contribution in [3.8, 4) is 0 Å². The van der Waals surface area contributed by atoms with E-state index in [2.05, 4.69) is 38.1 Å². The third-order valence-electron chi connectivity index (χ3n) is 2.61. The van der Waals surface area contributed by atoms with Crippen LogP contribution in [0.2, 0.25) is 0 Å². The van der Waals surface area contributed by atoms with E-state index in [4.69, 9.17) is 4.74 Å². The fourth-order valence-corrected chi connectivity index (χ4v) is 2.53. The van der Waals surface area contributed by atoms with Gasteiger partial charge in [0.15, 0.2) is 0 Å². The fourth-order valence-electron chi connectivity index (χ4n) is 1.63. The molecule has 1 atom stereocenters. The molecule has 0 saturated carbocycles. The molecule has 0 radical (unpaired) electrons. The zero-order valence-electron chi connectivity index (χ0n) is 11.4. The van der Waals surface area contributed by atoms with Gasteiger partial charge in [0.1, 0.15) is 0 Å². The monoisotopic (exact) mass is 268 g/mol. The summed E-state index contributed by atoms with van der Waals surface area (Å²) in [6, 6.07) is 8.50. The molecule has 0 bridgehead atoms. The van der Waals surface area contributed by atoms with Crippen LogP contribution in [0, 0.1) is 6.92 Å². The molecule has 0 spiro atoms. The Morgan fingerprint density at radius 2 is 2.22 bits per heavy atom. The summed E-state index contributed by atoms with van der Waals surface area (Å²) in [5.74, 6) is 1.69. The minimum Gasteiger partial charge on any atom is -0.390 e. The zero-order valence-corrected chi connectivity index (χ0v) is 12.2. The molecule has 0 aromatic heterocycles. The largest absolute Gasteiger partial charge is 0.390 e. The van der Waals surface area contributed by atoms with Crippen molar-refractivity contribution in [3.63, 3.8) is 0 Å². The van der Waals surface area contributed by atoms with Crippen molar-refractivity contribution >= 4 is 11.8 Å². The molecular formula is C15H24O2S. The Balaban J connectivity index is 2.09. The number of thioether (sulfide) groups is 1. The molecule has 1 unspecified atom stereocenters. The maximum Gasteiger partial charge on any atom is 0.0863 e. The van der Waals surface area contributed by atoms with E-state index in [9.17, 15) is 5.11 Å². The van der Waals surface area contributed by atoms with E-state index in [-0.39, 0.29) is 6.10 Å². The lowest BCUT2D eigenvalue weighted by molar-refractivity contribution is 0.0473. The number of aliphatic hydroxyl groups is 1. The summed E-state index contributed by atoms with van der Waals surface area (Å²) in [7, 11) is 0. The second-order valence-corrected chi connectivity index (χ2v) is 5.62. The van der Waals surface area contributed by atoms with Gasteiger partial charge in [-0.2, -0.15) is 11.8 Å². The maximum atomic E-state index is 9.74. The smallest absolute Gasteiger partial charge is 0.0863 e. The third kappa shape index (κ3) is 7.04. The summed E-state index contributed by atoms with van der Waals surface area (Å²) in [5.41, 5.74) is 2.61. The Kier molecular flexibility index (Phi) is 8.14. The second-order valence-electron chi connectivity index (χ2n) is 4.59. The minimum atomic E-state index is -0.350. The topological polar surface area (TPSA) is 29.5 Å². The number of rotatable bonds is 9. The Morgan fingerprint density at radius 1 is 1.39 bits per heavy atom. The van der Waals surface area contributed by atoms with Crippen molar-refractivity contribution < 1.29 is 9.84 Å². The summed E-state index contributed by atoms with van der Waals surface area (Å²) >= 11 is 1.76. The highest BCUT2D eigenvalue weighted by molar-refractivity contribution is 7.98. The molecule has 18 heavy (non-hydrogen) atoms. The average Bonchev–Trinajstić information content (AvgIpc) is 2.35. The van der Waals surface area contributed by atoms with E-state index in [1.807, 2.05) is 0 Å². The van der Waals surface area contributed by atoms with Gasteiger partial charge in [-0.25, -0.2) is 0 Å². The summed E-state index contributed by atoms with van der Waals surface area (Å²) in [4.78, 5) is 0. The highest BCUT2D eigenvalue weighted by atomic mass is 32.2. The standard InChI is InChI=1S/C15H24O2S/c1-3-4-8-17-10-15(16)12-18-11-14-7-5-6-13(2)9-14/h5-7,9,15-16H,3-4,8,10-12H2,1-2H3. The van der Waals surface area contributed by atoms with E-state index < -0.39 is 0 Å². The number of hydrogen-bond acceptors (Lipinski definition) is 3. The summed E-state index contributed by atoms with van der Waals surface area (Å²) in [6.07, 6.45) is 1.86. The van der Waals surface area contributed by atoms with Crippen molar-refractivity contribution in [1.29, 1.82) is 0 Å². The van der Waals surface area contributed by atoms with Crippen LogP contribution in [0.5, 0.6) is 0 Å². The summed E-state index contributed by atoms with van der Waals surface area (Å²) in [6.45, 7) is 5.46. The predicted molar refractivity (Wildman–Crippen MR) is 79.1 cm³/mol. The Morgan fingerprint density at radius 3 is 2.94 bits per heavy atom. The number of benzene rings is 1. The minimum absolute atomic E-state index is 0.350. The van der Waals surface area contributed by atoms with Crippen molar-refractivity contribution in [2.75, 3.05) is 19.0 Å². The molecule has 1 rings (SSSR count). The Bertz CT molecular complexity index is 328. The SMILES string of the molecule is CCCCOCC(O)CSCc1cccc(C)c1. The van der Waals surface area contributed by atoms with Crippen molar-refractivity contribution in [2.45, 2.75) is 38.5 Å². The normalized spacial score (nSPS) is 12.6. The van der Waals surface area contributed by atoms with Gasteiger partial charge in [0.2, 0.25) is 0 Å². The Labute approximate surface area is 115 Å². The number of aliphatic hydroxyl groups excluding tert-OH is 1. The van der Waals surface area contributed by atoms with Crippen molar-refractivity contribution in [2.24, 2.45) is 0 Å². The van der Waals surface area contributed by atoms with Gasteiger partial charge < -0.3 is 9.84 Å². The van der Waals surface area contributed by atoms with Crippen LogP contribution in [0.15, 0.2) is 24.3 Å². The lowest BCUT2D eigenvalue weighted by atomic mass is 10.2. The van der Waals surface area contributed by atoms with Gasteiger partial charge in [0, 0.05) is 18.1 Å². The first-order valence-corrected chi connectivity index (χ1v) is 7.77. The van der Waals surface area contributed by atoms with Gasteiger partial charge in [-0.1, -0.05) is 43.2 Å².